The molecule has 0 aromatic rings. The van der Waals surface area contributed by atoms with Gasteiger partial charge in [0.2, 0.25) is 0 Å². The van der Waals surface area contributed by atoms with Crippen LogP contribution >= 0.6 is 0 Å². The predicted octanol–water partition coefficient (Wildman–Crippen LogP) is 2.42. The van der Waals surface area contributed by atoms with Crippen molar-refractivity contribution in [3.63, 3.8) is 0 Å². The van der Waals surface area contributed by atoms with E-state index in [-0.39, 0.29) is 6.61 Å². The lowest BCUT2D eigenvalue weighted by Crippen LogP contribution is -2.07. The quantitative estimate of drug-likeness (QED) is 0.415. The third-order valence-electron chi connectivity index (χ3n) is 1.89. The average molecular weight is 172 g/mol. The van der Waals surface area contributed by atoms with Gasteiger partial charge in [0.1, 0.15) is 12.9 Å². The van der Waals surface area contributed by atoms with Crippen LogP contribution in [0.3, 0.4) is 0 Å². The SMILES string of the molecule is CCCCCC(C)COCC=O. The third-order valence-corrected chi connectivity index (χ3v) is 1.89. The normalized spacial score (nSPS) is 12.8. The van der Waals surface area contributed by atoms with E-state index in [4.69, 9.17) is 4.74 Å². The van der Waals surface area contributed by atoms with E-state index in [9.17, 15) is 4.79 Å². The Morgan fingerprint density at radius 3 is 2.75 bits per heavy atom. The largest absolute Gasteiger partial charge is 0.374 e. The van der Waals surface area contributed by atoms with Gasteiger partial charge in [-0.05, 0) is 12.3 Å². The molecular weight excluding hydrogens is 152 g/mol. The van der Waals surface area contributed by atoms with E-state index in [0.717, 1.165) is 12.9 Å². The molecule has 12 heavy (non-hydrogen) atoms. The summed E-state index contributed by atoms with van der Waals surface area (Å²) in [7, 11) is 0. The monoisotopic (exact) mass is 172 g/mol. The van der Waals surface area contributed by atoms with Crippen LogP contribution in [0.25, 0.3) is 0 Å². The van der Waals surface area contributed by atoms with E-state index >= 15 is 0 Å². The molecule has 1 atom stereocenters. The minimum absolute atomic E-state index is 0.248. The molecule has 0 fully saturated rings. The number of carbonyl (C=O) groups excluding carboxylic acids is 1. The standard InChI is InChI=1S/C10H20O2/c1-3-4-5-6-10(2)9-12-8-7-11/h7,10H,3-6,8-9H2,1-2H3. The number of hydrogen-bond acceptors (Lipinski definition) is 2. The molecule has 0 aromatic heterocycles. The summed E-state index contributed by atoms with van der Waals surface area (Å²) in [5, 5.41) is 0. The zero-order valence-corrected chi connectivity index (χ0v) is 8.21. The fraction of sp³-hybridized carbons (Fsp3) is 0.900. The predicted molar refractivity (Wildman–Crippen MR) is 50.2 cm³/mol. The van der Waals surface area contributed by atoms with Gasteiger partial charge in [0.15, 0.2) is 0 Å². The van der Waals surface area contributed by atoms with Crippen molar-refractivity contribution in [1.29, 1.82) is 0 Å². The number of rotatable bonds is 8. The molecule has 2 nitrogen and oxygen atoms in total. The molecule has 0 N–H and O–H groups in total. The molecule has 0 aliphatic heterocycles. The van der Waals surface area contributed by atoms with Crippen molar-refractivity contribution in [2.24, 2.45) is 5.92 Å². The number of carbonyl (C=O) groups is 1. The molecule has 0 saturated carbocycles. The molecule has 0 saturated heterocycles. The second-order valence-electron chi connectivity index (χ2n) is 3.31. The highest BCUT2D eigenvalue weighted by Gasteiger charge is 2.00. The second kappa shape index (κ2) is 8.72. The van der Waals surface area contributed by atoms with E-state index in [1.165, 1.54) is 25.7 Å². The summed E-state index contributed by atoms with van der Waals surface area (Å²) in [6.45, 7) is 5.34. The molecule has 0 heterocycles. The Labute approximate surface area is 75.3 Å². The number of hydrogen-bond donors (Lipinski definition) is 0. The maximum atomic E-state index is 9.92. The second-order valence-corrected chi connectivity index (χ2v) is 3.31. The molecule has 0 spiro atoms. The van der Waals surface area contributed by atoms with Crippen LogP contribution in [0.2, 0.25) is 0 Å². The van der Waals surface area contributed by atoms with Crippen molar-refractivity contribution in [3.05, 3.63) is 0 Å². The van der Waals surface area contributed by atoms with E-state index in [2.05, 4.69) is 13.8 Å². The maximum Gasteiger partial charge on any atom is 0.145 e. The van der Waals surface area contributed by atoms with Gasteiger partial charge in [-0.25, -0.2) is 0 Å². The molecule has 0 amide bonds. The zero-order chi connectivity index (χ0) is 9.23. The van der Waals surface area contributed by atoms with Gasteiger partial charge in [-0.3, -0.25) is 0 Å². The van der Waals surface area contributed by atoms with Gasteiger partial charge in [-0.1, -0.05) is 33.1 Å². The molecule has 0 radical (unpaired) electrons. The first kappa shape index (κ1) is 11.6. The smallest absolute Gasteiger partial charge is 0.145 e. The van der Waals surface area contributed by atoms with Crippen molar-refractivity contribution in [3.8, 4) is 0 Å². The minimum Gasteiger partial charge on any atom is -0.374 e. The topological polar surface area (TPSA) is 26.3 Å². The van der Waals surface area contributed by atoms with Crippen molar-refractivity contribution < 1.29 is 9.53 Å². The summed E-state index contributed by atoms with van der Waals surface area (Å²) in [5.74, 6) is 0.594. The lowest BCUT2D eigenvalue weighted by molar-refractivity contribution is -0.112. The van der Waals surface area contributed by atoms with Crippen molar-refractivity contribution in [2.75, 3.05) is 13.2 Å². The van der Waals surface area contributed by atoms with Crippen LogP contribution < -0.4 is 0 Å². The molecule has 1 unspecified atom stereocenters. The maximum absolute atomic E-state index is 9.92. The molecule has 0 aliphatic rings. The molecular formula is C10H20O2. The molecule has 0 bridgehead atoms. The highest BCUT2D eigenvalue weighted by molar-refractivity contribution is 5.50. The van der Waals surface area contributed by atoms with Crippen molar-refractivity contribution in [2.45, 2.75) is 39.5 Å². The number of aldehydes is 1. The van der Waals surface area contributed by atoms with Crippen LogP contribution in [0.5, 0.6) is 0 Å². The highest BCUT2D eigenvalue weighted by Crippen LogP contribution is 2.08. The highest BCUT2D eigenvalue weighted by atomic mass is 16.5. The van der Waals surface area contributed by atoms with Gasteiger partial charge in [0.25, 0.3) is 0 Å². The van der Waals surface area contributed by atoms with Crippen LogP contribution in [0.1, 0.15) is 39.5 Å². The first-order chi connectivity index (χ1) is 5.81. The molecule has 0 rings (SSSR count). The summed E-state index contributed by atoms with van der Waals surface area (Å²) >= 11 is 0. The van der Waals surface area contributed by atoms with Crippen LogP contribution in [-0.2, 0) is 9.53 Å². The molecule has 0 aliphatic carbocycles. The van der Waals surface area contributed by atoms with Crippen LogP contribution in [0.4, 0.5) is 0 Å². The Bertz CT molecular complexity index is 102. The zero-order valence-electron chi connectivity index (χ0n) is 8.21. The lowest BCUT2D eigenvalue weighted by Gasteiger charge is -2.09. The first-order valence-electron chi connectivity index (χ1n) is 4.82. The van der Waals surface area contributed by atoms with E-state index in [1.54, 1.807) is 0 Å². The Balaban J connectivity index is 3.09. The number of ether oxygens (including phenoxy) is 1. The van der Waals surface area contributed by atoms with Gasteiger partial charge in [0.05, 0.1) is 0 Å². The van der Waals surface area contributed by atoms with Crippen LogP contribution in [0.15, 0.2) is 0 Å². The summed E-state index contributed by atoms with van der Waals surface area (Å²) in [4.78, 5) is 9.92. The summed E-state index contributed by atoms with van der Waals surface area (Å²) in [6, 6.07) is 0. The fourth-order valence-electron chi connectivity index (χ4n) is 1.14. The lowest BCUT2D eigenvalue weighted by atomic mass is 10.0. The van der Waals surface area contributed by atoms with E-state index in [1.807, 2.05) is 0 Å². The molecule has 72 valence electrons. The van der Waals surface area contributed by atoms with Gasteiger partial charge < -0.3 is 9.53 Å². The van der Waals surface area contributed by atoms with Gasteiger partial charge >= 0.3 is 0 Å². The van der Waals surface area contributed by atoms with Crippen LogP contribution in [-0.4, -0.2) is 19.5 Å². The van der Waals surface area contributed by atoms with E-state index < -0.39 is 0 Å². The van der Waals surface area contributed by atoms with Gasteiger partial charge in [-0.2, -0.15) is 0 Å². The Kier molecular flexibility index (Phi) is 8.46. The van der Waals surface area contributed by atoms with Crippen molar-refractivity contribution in [1.82, 2.24) is 0 Å². The van der Waals surface area contributed by atoms with Gasteiger partial charge in [-0.15, -0.1) is 0 Å². The number of unbranched alkanes of at least 4 members (excludes halogenated alkanes) is 2. The Hall–Kier alpha value is -0.370. The molecule has 2 heteroatoms. The van der Waals surface area contributed by atoms with Gasteiger partial charge in [0, 0.05) is 6.61 Å². The Morgan fingerprint density at radius 1 is 1.42 bits per heavy atom. The molecule has 0 aromatic carbocycles. The minimum atomic E-state index is 0.248. The Morgan fingerprint density at radius 2 is 2.17 bits per heavy atom. The fourth-order valence-corrected chi connectivity index (χ4v) is 1.14. The third kappa shape index (κ3) is 7.73. The summed E-state index contributed by atoms with van der Waals surface area (Å²) in [5.41, 5.74) is 0. The first-order valence-corrected chi connectivity index (χ1v) is 4.82. The summed E-state index contributed by atoms with van der Waals surface area (Å²) < 4.78 is 5.11. The average Bonchev–Trinajstić information content (AvgIpc) is 2.06. The van der Waals surface area contributed by atoms with Crippen molar-refractivity contribution >= 4 is 6.29 Å². The van der Waals surface area contributed by atoms with E-state index in [0.29, 0.717) is 5.92 Å². The summed E-state index contributed by atoms with van der Waals surface area (Å²) in [6.07, 6.45) is 5.87. The van der Waals surface area contributed by atoms with Crippen LogP contribution in [0, 0.1) is 5.92 Å².